The lowest BCUT2D eigenvalue weighted by Crippen LogP contribution is -1.90. The normalized spacial score (nSPS) is 11.7. The highest BCUT2D eigenvalue weighted by atomic mass is 79.9. The minimum atomic E-state index is 0.807. The average Bonchev–Trinajstić information content (AvgIpc) is 3.17. The highest BCUT2D eigenvalue weighted by molar-refractivity contribution is 9.11. The van der Waals surface area contributed by atoms with E-state index in [1.807, 2.05) is 30.3 Å². The van der Waals surface area contributed by atoms with E-state index in [0.717, 1.165) is 47.4 Å². The van der Waals surface area contributed by atoms with Gasteiger partial charge in [0.05, 0.1) is 30.9 Å². The van der Waals surface area contributed by atoms with Crippen LogP contribution in [0, 0.1) is 0 Å². The number of para-hydroxylation sites is 1. The molecule has 1 aromatic carbocycles. The maximum atomic E-state index is 6.54. The van der Waals surface area contributed by atoms with Crippen LogP contribution in [-0.4, -0.2) is 9.38 Å². The third-order valence-corrected chi connectivity index (χ3v) is 5.95. The third kappa shape index (κ3) is 1.85. The monoisotopic (exact) mass is 393 g/mol. The van der Waals surface area contributed by atoms with E-state index >= 15 is 0 Å². The molecule has 0 atom stereocenters. The van der Waals surface area contributed by atoms with E-state index < -0.39 is 0 Å². The zero-order valence-corrected chi connectivity index (χ0v) is 14.9. The van der Waals surface area contributed by atoms with Gasteiger partial charge in [0.15, 0.2) is 0 Å². The van der Waals surface area contributed by atoms with E-state index in [1.165, 1.54) is 0 Å². The first kappa shape index (κ1) is 14.0. The number of nitrogens with zero attached hydrogens (tertiary/aromatic N) is 2. The fraction of sp³-hybridized carbons (Fsp3) is 0. The molecule has 0 unspecified atom stereocenters. The lowest BCUT2D eigenvalue weighted by molar-refractivity contribution is 1.24. The van der Waals surface area contributed by atoms with Crippen molar-refractivity contribution in [2.45, 2.75) is 0 Å². The van der Waals surface area contributed by atoms with Crippen LogP contribution in [0.5, 0.6) is 0 Å². The molecule has 0 bridgehead atoms. The number of aromatic nitrogens is 2. The van der Waals surface area contributed by atoms with E-state index in [9.17, 15) is 0 Å². The molecule has 0 aliphatic heterocycles. The second-order valence-electron chi connectivity index (χ2n) is 5.67. The Morgan fingerprint density at radius 2 is 1.83 bits per heavy atom. The summed E-state index contributed by atoms with van der Waals surface area (Å²) in [6.45, 7) is 0. The van der Waals surface area contributed by atoms with Crippen LogP contribution in [0.15, 0.2) is 64.6 Å². The standard InChI is InChI=1S/C19H12BrN3S/c20-15-9-8-14(24-15)18-19-16(11-5-1-2-6-12(11)22-18)17(21)13-7-3-4-10-23(13)19/h1-10H,21H2. The maximum Gasteiger partial charge on any atom is 0.106 e. The first-order valence-corrected chi connectivity index (χ1v) is 9.17. The zero-order valence-electron chi connectivity index (χ0n) is 12.5. The van der Waals surface area contributed by atoms with Gasteiger partial charge >= 0.3 is 0 Å². The summed E-state index contributed by atoms with van der Waals surface area (Å²) < 4.78 is 3.24. The molecule has 24 heavy (non-hydrogen) atoms. The molecule has 3 nitrogen and oxygen atoms in total. The van der Waals surface area contributed by atoms with Crippen molar-refractivity contribution in [1.29, 1.82) is 0 Å². The number of nitrogen functional groups attached to an aromatic ring is 1. The second-order valence-corrected chi connectivity index (χ2v) is 8.14. The molecular formula is C19H12BrN3S. The summed E-state index contributed by atoms with van der Waals surface area (Å²) in [5.41, 5.74) is 11.4. The number of hydrogen-bond acceptors (Lipinski definition) is 3. The summed E-state index contributed by atoms with van der Waals surface area (Å²) >= 11 is 5.24. The Balaban J connectivity index is 2.10. The molecule has 0 aliphatic carbocycles. The van der Waals surface area contributed by atoms with Crippen LogP contribution in [0.4, 0.5) is 5.69 Å². The number of anilines is 1. The molecule has 0 fully saturated rings. The predicted molar refractivity (Wildman–Crippen MR) is 106 cm³/mol. The Bertz CT molecular complexity index is 1240. The molecular weight excluding hydrogens is 382 g/mol. The summed E-state index contributed by atoms with van der Waals surface area (Å²) in [5, 5.41) is 2.17. The number of nitrogens with two attached hydrogens (primary N) is 1. The second kappa shape index (κ2) is 5.06. The SMILES string of the molecule is Nc1c2c3ccccc3nc(-c3ccc(Br)s3)c2n2ccccc12. The molecule has 0 saturated heterocycles. The van der Waals surface area contributed by atoms with Gasteiger partial charge in [-0.2, -0.15) is 0 Å². The fourth-order valence-electron chi connectivity index (χ4n) is 3.31. The molecule has 5 heteroatoms. The molecule has 4 aromatic heterocycles. The Hall–Kier alpha value is -2.37. The summed E-state index contributed by atoms with van der Waals surface area (Å²) in [4.78, 5) is 6.09. The molecule has 116 valence electrons. The van der Waals surface area contributed by atoms with Crippen molar-refractivity contribution < 1.29 is 0 Å². The maximum absolute atomic E-state index is 6.54. The van der Waals surface area contributed by atoms with E-state index in [-0.39, 0.29) is 0 Å². The van der Waals surface area contributed by atoms with E-state index in [1.54, 1.807) is 11.3 Å². The molecule has 0 spiro atoms. The van der Waals surface area contributed by atoms with Crippen LogP contribution in [-0.2, 0) is 0 Å². The van der Waals surface area contributed by atoms with Crippen molar-refractivity contribution in [3.8, 4) is 10.6 Å². The lowest BCUT2D eigenvalue weighted by atomic mass is 10.1. The van der Waals surface area contributed by atoms with E-state index in [0.29, 0.717) is 0 Å². The van der Waals surface area contributed by atoms with Gasteiger partial charge in [-0.05, 0) is 46.3 Å². The zero-order chi connectivity index (χ0) is 16.3. The van der Waals surface area contributed by atoms with Gasteiger partial charge in [-0.3, -0.25) is 0 Å². The van der Waals surface area contributed by atoms with Crippen molar-refractivity contribution in [1.82, 2.24) is 9.38 Å². The first-order valence-electron chi connectivity index (χ1n) is 7.57. The van der Waals surface area contributed by atoms with Crippen molar-refractivity contribution >= 4 is 60.3 Å². The molecule has 0 radical (unpaired) electrons. The number of thiophene rings is 1. The molecule has 4 heterocycles. The summed E-state index contributed by atoms with van der Waals surface area (Å²) in [6, 6.07) is 18.4. The van der Waals surface area contributed by atoms with Crippen molar-refractivity contribution in [2.75, 3.05) is 5.73 Å². The van der Waals surface area contributed by atoms with E-state index in [2.05, 4.69) is 50.8 Å². The minimum absolute atomic E-state index is 0.807. The summed E-state index contributed by atoms with van der Waals surface area (Å²) in [6.07, 6.45) is 2.05. The van der Waals surface area contributed by atoms with Crippen LogP contribution >= 0.6 is 27.3 Å². The molecule has 0 aliphatic rings. The van der Waals surface area contributed by atoms with Crippen LogP contribution < -0.4 is 5.73 Å². The van der Waals surface area contributed by atoms with Gasteiger partial charge in [0.25, 0.3) is 0 Å². The van der Waals surface area contributed by atoms with Gasteiger partial charge in [0.2, 0.25) is 0 Å². The number of benzene rings is 1. The van der Waals surface area contributed by atoms with Crippen LogP contribution in [0.3, 0.4) is 0 Å². The smallest absolute Gasteiger partial charge is 0.106 e. The van der Waals surface area contributed by atoms with Crippen LogP contribution in [0.25, 0.3) is 37.9 Å². The Kier molecular flexibility index (Phi) is 2.96. The summed E-state index contributed by atoms with van der Waals surface area (Å²) in [5.74, 6) is 0. The number of rotatable bonds is 1. The van der Waals surface area contributed by atoms with Gasteiger partial charge in [-0.15, -0.1) is 11.3 Å². The van der Waals surface area contributed by atoms with Gasteiger partial charge < -0.3 is 10.1 Å². The fourth-order valence-corrected chi connectivity index (χ4v) is 4.68. The minimum Gasteiger partial charge on any atom is -0.396 e. The van der Waals surface area contributed by atoms with Crippen molar-refractivity contribution in [3.63, 3.8) is 0 Å². The van der Waals surface area contributed by atoms with Crippen molar-refractivity contribution in [3.05, 3.63) is 64.6 Å². The largest absolute Gasteiger partial charge is 0.396 e. The molecule has 5 rings (SSSR count). The predicted octanol–water partition coefficient (Wildman–Crippen LogP) is 5.71. The Morgan fingerprint density at radius 3 is 2.67 bits per heavy atom. The Labute approximate surface area is 150 Å². The van der Waals surface area contributed by atoms with Gasteiger partial charge in [0, 0.05) is 17.0 Å². The number of fused-ring (bicyclic) bond motifs is 5. The quantitative estimate of drug-likeness (QED) is 0.396. The lowest BCUT2D eigenvalue weighted by Gasteiger charge is -2.06. The highest BCUT2D eigenvalue weighted by Gasteiger charge is 2.19. The van der Waals surface area contributed by atoms with Crippen LogP contribution in [0.1, 0.15) is 0 Å². The van der Waals surface area contributed by atoms with Crippen molar-refractivity contribution in [2.24, 2.45) is 0 Å². The van der Waals surface area contributed by atoms with E-state index in [4.69, 9.17) is 10.7 Å². The molecule has 0 saturated carbocycles. The summed E-state index contributed by atoms with van der Waals surface area (Å²) in [7, 11) is 0. The molecule has 0 amide bonds. The van der Waals surface area contributed by atoms with Crippen LogP contribution in [0.2, 0.25) is 0 Å². The topological polar surface area (TPSA) is 43.3 Å². The molecule has 2 N–H and O–H groups in total. The van der Waals surface area contributed by atoms with Gasteiger partial charge in [-0.1, -0.05) is 24.3 Å². The van der Waals surface area contributed by atoms with Gasteiger partial charge in [0.1, 0.15) is 5.69 Å². The third-order valence-electron chi connectivity index (χ3n) is 4.32. The Morgan fingerprint density at radius 1 is 1.00 bits per heavy atom. The number of halogens is 1. The number of pyridine rings is 2. The van der Waals surface area contributed by atoms with Gasteiger partial charge in [-0.25, -0.2) is 4.98 Å². The molecule has 5 aromatic rings. The number of hydrogen-bond donors (Lipinski definition) is 1. The first-order chi connectivity index (χ1) is 11.7. The highest BCUT2D eigenvalue weighted by Crippen LogP contribution is 2.41. The average molecular weight is 394 g/mol.